The van der Waals surface area contributed by atoms with E-state index in [2.05, 4.69) is 6.58 Å². The average Bonchev–Trinajstić information content (AvgIpc) is 2.64. The lowest BCUT2D eigenvalue weighted by atomic mass is 10.0. The number of hydrazine groups is 1. The van der Waals surface area contributed by atoms with E-state index >= 15 is 0 Å². The monoisotopic (exact) mass is 324 g/mol. The molecule has 0 saturated carbocycles. The van der Waals surface area contributed by atoms with Gasteiger partial charge in [-0.05, 0) is 17.7 Å². The van der Waals surface area contributed by atoms with E-state index in [1.807, 2.05) is 36.4 Å². The fraction of sp³-hybridized carbons (Fsp3) is 0.158. The molecule has 0 heterocycles. The molecule has 124 valence electrons. The molecule has 0 aliphatic rings. The number of hydrogen-bond donors (Lipinski definition) is 1. The number of rotatable bonds is 7. The van der Waals surface area contributed by atoms with Gasteiger partial charge in [-0.25, -0.2) is 5.84 Å². The molecule has 2 aromatic carbocycles. The predicted molar refractivity (Wildman–Crippen MR) is 91.8 cm³/mol. The van der Waals surface area contributed by atoms with Crippen LogP contribution < -0.4 is 5.84 Å². The maximum absolute atomic E-state index is 12.6. The average molecular weight is 324 g/mol. The molecule has 0 radical (unpaired) electrons. The Kier molecular flexibility index (Phi) is 6.28. The van der Waals surface area contributed by atoms with Crippen LogP contribution in [0.25, 0.3) is 0 Å². The van der Waals surface area contributed by atoms with E-state index in [-0.39, 0.29) is 18.9 Å². The SMILES string of the molecule is C=CCOC(=O)CC(c1ccccc1)N(N)C(=O)c1ccccc1. The molecule has 1 unspecified atom stereocenters. The van der Waals surface area contributed by atoms with Gasteiger partial charge in [0.05, 0.1) is 12.5 Å². The van der Waals surface area contributed by atoms with Crippen LogP contribution in [-0.4, -0.2) is 23.5 Å². The first-order chi connectivity index (χ1) is 11.6. The van der Waals surface area contributed by atoms with Crippen molar-refractivity contribution in [3.8, 4) is 0 Å². The lowest BCUT2D eigenvalue weighted by molar-refractivity contribution is -0.143. The number of benzene rings is 2. The van der Waals surface area contributed by atoms with Crippen molar-refractivity contribution in [2.24, 2.45) is 5.84 Å². The third-order valence-corrected chi connectivity index (χ3v) is 3.50. The van der Waals surface area contributed by atoms with Gasteiger partial charge in [-0.3, -0.25) is 14.6 Å². The first kappa shape index (κ1) is 17.4. The van der Waals surface area contributed by atoms with Gasteiger partial charge in [0.1, 0.15) is 6.61 Å². The van der Waals surface area contributed by atoms with Gasteiger partial charge >= 0.3 is 5.97 Å². The summed E-state index contributed by atoms with van der Waals surface area (Å²) >= 11 is 0. The quantitative estimate of drug-likeness (QED) is 0.279. The zero-order valence-electron chi connectivity index (χ0n) is 13.3. The Balaban J connectivity index is 2.23. The molecule has 2 rings (SSSR count). The molecule has 0 bridgehead atoms. The van der Waals surface area contributed by atoms with E-state index in [0.29, 0.717) is 5.56 Å². The Morgan fingerprint density at radius 1 is 1.08 bits per heavy atom. The van der Waals surface area contributed by atoms with E-state index in [1.165, 1.54) is 6.08 Å². The minimum atomic E-state index is -0.615. The summed E-state index contributed by atoms with van der Waals surface area (Å²) < 4.78 is 5.03. The van der Waals surface area contributed by atoms with E-state index in [9.17, 15) is 9.59 Å². The lowest BCUT2D eigenvalue weighted by Gasteiger charge is -2.27. The third-order valence-electron chi connectivity index (χ3n) is 3.50. The molecule has 5 nitrogen and oxygen atoms in total. The maximum atomic E-state index is 12.6. The first-order valence-corrected chi connectivity index (χ1v) is 7.58. The molecule has 24 heavy (non-hydrogen) atoms. The number of ether oxygens (including phenoxy) is 1. The normalized spacial score (nSPS) is 11.4. The first-order valence-electron chi connectivity index (χ1n) is 7.58. The van der Waals surface area contributed by atoms with Crippen molar-refractivity contribution in [3.05, 3.63) is 84.4 Å². The van der Waals surface area contributed by atoms with Gasteiger partial charge in [-0.15, -0.1) is 0 Å². The molecule has 2 N–H and O–H groups in total. The molecule has 0 aliphatic heterocycles. The van der Waals surface area contributed by atoms with E-state index in [1.54, 1.807) is 24.3 Å². The molecule has 0 saturated heterocycles. The fourth-order valence-electron chi connectivity index (χ4n) is 2.29. The standard InChI is InChI=1S/C19H20N2O3/c1-2-13-24-18(22)14-17(15-9-5-3-6-10-15)21(20)19(23)16-11-7-4-8-12-16/h2-12,17H,1,13-14,20H2. The Hall–Kier alpha value is -2.92. The van der Waals surface area contributed by atoms with E-state index in [4.69, 9.17) is 10.6 Å². The molecule has 1 atom stereocenters. The Morgan fingerprint density at radius 2 is 1.67 bits per heavy atom. The summed E-state index contributed by atoms with van der Waals surface area (Å²) in [7, 11) is 0. The second-order valence-electron chi connectivity index (χ2n) is 5.18. The molecule has 0 aliphatic carbocycles. The molecule has 0 fully saturated rings. The van der Waals surface area contributed by atoms with Crippen molar-refractivity contribution >= 4 is 11.9 Å². The molecule has 5 heteroatoms. The summed E-state index contributed by atoms with van der Waals surface area (Å²) in [5.41, 5.74) is 1.22. The van der Waals surface area contributed by atoms with Crippen molar-refractivity contribution in [3.63, 3.8) is 0 Å². The van der Waals surface area contributed by atoms with Gasteiger partial charge in [0.15, 0.2) is 0 Å². The number of hydrogen-bond acceptors (Lipinski definition) is 4. The molecule has 0 spiro atoms. The predicted octanol–water partition coefficient (Wildman–Crippen LogP) is 2.86. The van der Waals surface area contributed by atoms with Crippen LogP contribution in [0.4, 0.5) is 0 Å². The van der Waals surface area contributed by atoms with Crippen LogP contribution in [0.15, 0.2) is 73.3 Å². The van der Waals surface area contributed by atoms with E-state index in [0.717, 1.165) is 10.6 Å². The molecule has 1 amide bonds. The summed E-state index contributed by atoms with van der Waals surface area (Å²) in [6.45, 7) is 3.63. The Bertz CT molecular complexity index is 686. The Labute approximate surface area is 141 Å². The zero-order valence-corrected chi connectivity index (χ0v) is 13.3. The van der Waals surface area contributed by atoms with Gasteiger partial charge in [-0.1, -0.05) is 61.2 Å². The number of carbonyl (C=O) groups is 2. The van der Waals surface area contributed by atoms with Crippen LogP contribution in [0.2, 0.25) is 0 Å². The highest BCUT2D eigenvalue weighted by Crippen LogP contribution is 2.24. The van der Waals surface area contributed by atoms with Crippen molar-refractivity contribution in [2.75, 3.05) is 6.61 Å². The lowest BCUT2D eigenvalue weighted by Crippen LogP contribution is -2.41. The van der Waals surface area contributed by atoms with Crippen molar-refractivity contribution < 1.29 is 14.3 Å². The van der Waals surface area contributed by atoms with Crippen LogP contribution in [0, 0.1) is 0 Å². The topological polar surface area (TPSA) is 72.6 Å². The second kappa shape index (κ2) is 8.64. The highest BCUT2D eigenvalue weighted by molar-refractivity contribution is 5.94. The van der Waals surface area contributed by atoms with Gasteiger partial charge in [0, 0.05) is 5.56 Å². The summed E-state index contributed by atoms with van der Waals surface area (Å²) in [5.74, 6) is 5.25. The minimum absolute atomic E-state index is 0.0348. The number of carbonyl (C=O) groups excluding carboxylic acids is 2. The Morgan fingerprint density at radius 3 is 2.25 bits per heavy atom. The van der Waals surface area contributed by atoms with E-state index < -0.39 is 12.0 Å². The minimum Gasteiger partial charge on any atom is -0.461 e. The van der Waals surface area contributed by atoms with Crippen LogP contribution in [0.3, 0.4) is 0 Å². The molecule has 0 aromatic heterocycles. The van der Waals surface area contributed by atoms with Crippen molar-refractivity contribution in [1.82, 2.24) is 5.01 Å². The fourth-order valence-corrected chi connectivity index (χ4v) is 2.29. The summed E-state index contributed by atoms with van der Waals surface area (Å²) in [6.07, 6.45) is 1.46. The molecule has 2 aromatic rings. The number of amides is 1. The van der Waals surface area contributed by atoms with Crippen molar-refractivity contribution in [1.29, 1.82) is 0 Å². The summed E-state index contributed by atoms with van der Waals surface area (Å²) in [5, 5.41) is 1.08. The zero-order chi connectivity index (χ0) is 17.4. The van der Waals surface area contributed by atoms with Crippen molar-refractivity contribution in [2.45, 2.75) is 12.5 Å². The summed E-state index contributed by atoms with van der Waals surface area (Å²) in [6, 6.07) is 17.3. The van der Waals surface area contributed by atoms with Crippen LogP contribution in [0.1, 0.15) is 28.4 Å². The van der Waals surface area contributed by atoms with Gasteiger partial charge in [0.2, 0.25) is 0 Å². The molecular weight excluding hydrogens is 304 g/mol. The van der Waals surface area contributed by atoms with Gasteiger partial charge in [-0.2, -0.15) is 0 Å². The second-order valence-corrected chi connectivity index (χ2v) is 5.18. The summed E-state index contributed by atoms with van der Waals surface area (Å²) in [4.78, 5) is 24.6. The molecular formula is C19H20N2O3. The smallest absolute Gasteiger partial charge is 0.308 e. The number of nitrogens with zero attached hydrogens (tertiary/aromatic N) is 1. The highest BCUT2D eigenvalue weighted by atomic mass is 16.5. The van der Waals surface area contributed by atoms with Gasteiger partial charge < -0.3 is 4.74 Å². The third kappa shape index (κ3) is 4.54. The van der Waals surface area contributed by atoms with Crippen LogP contribution >= 0.6 is 0 Å². The largest absolute Gasteiger partial charge is 0.461 e. The number of esters is 1. The van der Waals surface area contributed by atoms with Gasteiger partial charge in [0.25, 0.3) is 5.91 Å². The number of nitrogens with two attached hydrogens (primary N) is 1. The highest BCUT2D eigenvalue weighted by Gasteiger charge is 2.26. The van der Waals surface area contributed by atoms with Crippen LogP contribution in [-0.2, 0) is 9.53 Å². The maximum Gasteiger partial charge on any atom is 0.308 e. The van der Waals surface area contributed by atoms with Crippen LogP contribution in [0.5, 0.6) is 0 Å².